The highest BCUT2D eigenvalue weighted by Gasteiger charge is 2.53. The highest BCUT2D eigenvalue weighted by atomic mass is 16.5. The minimum atomic E-state index is -0.691. The molecular weight excluding hydrogens is 272 g/mol. The van der Waals surface area contributed by atoms with Gasteiger partial charge in [0.25, 0.3) is 0 Å². The van der Waals surface area contributed by atoms with Gasteiger partial charge in [0.2, 0.25) is 0 Å². The van der Waals surface area contributed by atoms with Crippen LogP contribution >= 0.6 is 0 Å². The summed E-state index contributed by atoms with van der Waals surface area (Å²) in [7, 11) is 0. The molecule has 0 aliphatic carbocycles. The highest BCUT2D eigenvalue weighted by Crippen LogP contribution is 2.42. The van der Waals surface area contributed by atoms with E-state index in [2.05, 4.69) is 28.9 Å². The Kier molecular flexibility index (Phi) is 3.71. The molecule has 1 N–H and O–H groups in total. The van der Waals surface area contributed by atoms with Crippen LogP contribution in [0.3, 0.4) is 0 Å². The standard InChI is InChI=1S/C14H22N4O3/c1-10(2)18-9-15-16-12(18)6-17-5-11-7-21-4-3-14(11,8-17)13(19)20/h9-11H,3-8H2,1-2H3,(H,19,20)/t11-,14+/m1/s1. The van der Waals surface area contributed by atoms with E-state index in [1.807, 2.05) is 4.57 Å². The number of rotatable bonds is 4. The fraction of sp³-hybridized carbons (Fsp3) is 0.786. The number of carboxylic acid groups (broad SMARTS) is 1. The molecule has 2 saturated heterocycles. The van der Waals surface area contributed by atoms with E-state index in [0.29, 0.717) is 38.8 Å². The number of nitrogens with zero attached hydrogens (tertiary/aromatic N) is 4. The molecule has 116 valence electrons. The molecular formula is C14H22N4O3. The van der Waals surface area contributed by atoms with Crippen LogP contribution in [0.25, 0.3) is 0 Å². The summed E-state index contributed by atoms with van der Waals surface area (Å²) < 4.78 is 7.51. The van der Waals surface area contributed by atoms with Crippen LogP contribution in [0.4, 0.5) is 0 Å². The zero-order valence-corrected chi connectivity index (χ0v) is 12.5. The van der Waals surface area contributed by atoms with E-state index in [9.17, 15) is 9.90 Å². The largest absolute Gasteiger partial charge is 0.481 e. The quantitative estimate of drug-likeness (QED) is 0.884. The third-order valence-corrected chi connectivity index (χ3v) is 4.77. The van der Waals surface area contributed by atoms with E-state index in [1.165, 1.54) is 0 Å². The van der Waals surface area contributed by atoms with Crippen molar-refractivity contribution >= 4 is 5.97 Å². The predicted molar refractivity (Wildman–Crippen MR) is 74.7 cm³/mol. The molecule has 7 heteroatoms. The normalized spacial score (nSPS) is 29.8. The molecule has 2 aliphatic rings. The van der Waals surface area contributed by atoms with E-state index < -0.39 is 11.4 Å². The number of hydrogen-bond donors (Lipinski definition) is 1. The molecule has 21 heavy (non-hydrogen) atoms. The summed E-state index contributed by atoms with van der Waals surface area (Å²) in [6.45, 7) is 7.22. The topological polar surface area (TPSA) is 80.5 Å². The van der Waals surface area contributed by atoms with Crippen molar-refractivity contribution < 1.29 is 14.6 Å². The van der Waals surface area contributed by atoms with Crippen LogP contribution in [0.1, 0.15) is 32.1 Å². The zero-order chi connectivity index (χ0) is 15.0. The smallest absolute Gasteiger partial charge is 0.311 e. The van der Waals surface area contributed by atoms with Gasteiger partial charge in [-0.25, -0.2) is 0 Å². The van der Waals surface area contributed by atoms with Gasteiger partial charge in [-0.1, -0.05) is 0 Å². The van der Waals surface area contributed by atoms with E-state index in [4.69, 9.17) is 4.74 Å². The van der Waals surface area contributed by atoms with Crippen LogP contribution in [-0.4, -0.2) is 57.0 Å². The molecule has 0 unspecified atom stereocenters. The Morgan fingerprint density at radius 2 is 2.43 bits per heavy atom. The van der Waals surface area contributed by atoms with Crippen LogP contribution < -0.4 is 0 Å². The molecule has 2 fully saturated rings. The number of carboxylic acids is 1. The molecule has 0 radical (unpaired) electrons. The molecule has 2 atom stereocenters. The number of aliphatic carboxylic acids is 1. The molecule has 2 aliphatic heterocycles. The lowest BCUT2D eigenvalue weighted by Gasteiger charge is -2.34. The van der Waals surface area contributed by atoms with Gasteiger partial charge in [0, 0.05) is 31.7 Å². The Balaban J connectivity index is 1.76. The average Bonchev–Trinajstić information content (AvgIpc) is 3.03. The number of hydrogen-bond acceptors (Lipinski definition) is 5. The molecule has 7 nitrogen and oxygen atoms in total. The van der Waals surface area contributed by atoms with Gasteiger partial charge in [0.15, 0.2) is 0 Å². The first kappa shape index (κ1) is 14.5. The van der Waals surface area contributed by atoms with E-state index >= 15 is 0 Å². The highest BCUT2D eigenvalue weighted by molar-refractivity contribution is 5.76. The number of likely N-dealkylation sites (tertiary alicyclic amines) is 1. The van der Waals surface area contributed by atoms with Crippen LogP contribution in [-0.2, 0) is 16.1 Å². The van der Waals surface area contributed by atoms with Gasteiger partial charge in [-0.3, -0.25) is 9.69 Å². The molecule has 0 saturated carbocycles. The Bertz CT molecular complexity index is 530. The van der Waals surface area contributed by atoms with Crippen molar-refractivity contribution in [2.75, 3.05) is 26.3 Å². The number of fused-ring (bicyclic) bond motifs is 1. The molecule has 0 bridgehead atoms. The summed E-state index contributed by atoms with van der Waals surface area (Å²) in [5.74, 6) is 0.271. The first-order valence-corrected chi connectivity index (χ1v) is 7.45. The molecule has 3 rings (SSSR count). The summed E-state index contributed by atoms with van der Waals surface area (Å²) >= 11 is 0. The number of aromatic nitrogens is 3. The van der Waals surface area contributed by atoms with Crippen molar-refractivity contribution in [1.29, 1.82) is 0 Å². The third kappa shape index (κ3) is 2.44. The third-order valence-electron chi connectivity index (χ3n) is 4.77. The van der Waals surface area contributed by atoms with Crippen LogP contribution in [0.5, 0.6) is 0 Å². The molecule has 0 aromatic carbocycles. The van der Waals surface area contributed by atoms with Crippen molar-refractivity contribution in [3.63, 3.8) is 0 Å². The zero-order valence-electron chi connectivity index (χ0n) is 12.5. The first-order valence-electron chi connectivity index (χ1n) is 7.45. The van der Waals surface area contributed by atoms with Crippen molar-refractivity contribution in [2.24, 2.45) is 11.3 Å². The predicted octanol–water partition coefficient (Wildman–Crippen LogP) is 0.782. The molecule has 0 spiro atoms. The van der Waals surface area contributed by atoms with Gasteiger partial charge < -0.3 is 14.4 Å². The number of carbonyl (C=O) groups is 1. The Morgan fingerprint density at radius 3 is 3.10 bits per heavy atom. The minimum Gasteiger partial charge on any atom is -0.481 e. The maximum atomic E-state index is 11.8. The van der Waals surface area contributed by atoms with Gasteiger partial charge in [-0.05, 0) is 20.3 Å². The lowest BCUT2D eigenvalue weighted by atomic mass is 9.74. The van der Waals surface area contributed by atoms with Crippen molar-refractivity contribution in [2.45, 2.75) is 32.9 Å². The van der Waals surface area contributed by atoms with Gasteiger partial charge in [0.1, 0.15) is 12.2 Å². The van der Waals surface area contributed by atoms with E-state index in [-0.39, 0.29) is 5.92 Å². The molecule has 3 heterocycles. The fourth-order valence-electron chi connectivity index (χ4n) is 3.54. The fourth-order valence-corrected chi connectivity index (χ4v) is 3.54. The maximum absolute atomic E-state index is 11.8. The molecule has 1 aromatic heterocycles. The molecule has 0 amide bonds. The lowest BCUT2D eigenvalue weighted by Crippen LogP contribution is -2.44. The van der Waals surface area contributed by atoms with Crippen molar-refractivity contribution in [3.05, 3.63) is 12.2 Å². The van der Waals surface area contributed by atoms with E-state index in [1.54, 1.807) is 6.33 Å². The summed E-state index contributed by atoms with van der Waals surface area (Å²) in [6, 6.07) is 0.302. The van der Waals surface area contributed by atoms with Gasteiger partial charge >= 0.3 is 5.97 Å². The average molecular weight is 294 g/mol. The first-order chi connectivity index (χ1) is 10.0. The van der Waals surface area contributed by atoms with Crippen LogP contribution in [0.2, 0.25) is 0 Å². The monoisotopic (exact) mass is 294 g/mol. The van der Waals surface area contributed by atoms with Crippen LogP contribution in [0.15, 0.2) is 6.33 Å². The van der Waals surface area contributed by atoms with Crippen LogP contribution in [0, 0.1) is 11.3 Å². The molecule has 1 aromatic rings. The summed E-state index contributed by atoms with van der Waals surface area (Å²) in [6.07, 6.45) is 2.33. The van der Waals surface area contributed by atoms with Gasteiger partial charge in [-0.15, -0.1) is 10.2 Å². The minimum absolute atomic E-state index is 0.0687. The SMILES string of the molecule is CC(C)n1cnnc1CN1C[C@@H]2COCC[C@]2(C(=O)O)C1. The summed E-state index contributed by atoms with van der Waals surface area (Å²) in [5.41, 5.74) is -0.652. The second-order valence-corrected chi connectivity index (χ2v) is 6.40. The van der Waals surface area contributed by atoms with Crippen molar-refractivity contribution in [1.82, 2.24) is 19.7 Å². The van der Waals surface area contributed by atoms with Gasteiger partial charge in [0.05, 0.1) is 18.6 Å². The number of ether oxygens (including phenoxy) is 1. The Hall–Kier alpha value is -1.47. The summed E-state index contributed by atoms with van der Waals surface area (Å²) in [4.78, 5) is 13.9. The Labute approximate surface area is 123 Å². The van der Waals surface area contributed by atoms with E-state index in [0.717, 1.165) is 12.4 Å². The van der Waals surface area contributed by atoms with Crippen molar-refractivity contribution in [3.8, 4) is 0 Å². The maximum Gasteiger partial charge on any atom is 0.311 e. The Morgan fingerprint density at radius 1 is 1.62 bits per heavy atom. The second-order valence-electron chi connectivity index (χ2n) is 6.40. The second kappa shape index (κ2) is 5.38. The summed E-state index contributed by atoms with van der Waals surface area (Å²) in [5, 5.41) is 17.8. The lowest BCUT2D eigenvalue weighted by molar-refractivity contribution is -0.157. The van der Waals surface area contributed by atoms with Gasteiger partial charge in [-0.2, -0.15) is 0 Å².